The molecule has 2 aromatic rings. The third kappa shape index (κ3) is 3.61. The first-order chi connectivity index (χ1) is 9.74. The summed E-state index contributed by atoms with van der Waals surface area (Å²) in [5.74, 6) is 0.808. The zero-order valence-electron chi connectivity index (χ0n) is 12.5. The van der Waals surface area contributed by atoms with E-state index in [0.717, 1.165) is 37.5 Å². The molecule has 1 aromatic heterocycles. The van der Waals surface area contributed by atoms with Crippen LogP contribution in [0.5, 0.6) is 0 Å². The van der Waals surface area contributed by atoms with Gasteiger partial charge in [0.2, 0.25) is 0 Å². The molecular weight excluding hydrogens is 250 g/mol. The molecule has 4 heteroatoms. The van der Waals surface area contributed by atoms with Crippen LogP contribution in [0.1, 0.15) is 19.4 Å². The summed E-state index contributed by atoms with van der Waals surface area (Å²) in [5.41, 5.74) is 3.47. The summed E-state index contributed by atoms with van der Waals surface area (Å²) in [5, 5.41) is 3.50. The summed E-state index contributed by atoms with van der Waals surface area (Å²) in [4.78, 5) is 6.36. The van der Waals surface area contributed by atoms with Crippen molar-refractivity contribution in [2.45, 2.75) is 20.8 Å². The minimum atomic E-state index is 0.808. The van der Waals surface area contributed by atoms with E-state index in [4.69, 9.17) is 4.42 Å². The van der Waals surface area contributed by atoms with E-state index in [1.165, 1.54) is 17.6 Å². The minimum Gasteiger partial charge on any atom is -0.444 e. The fraction of sp³-hybridized carbons (Fsp3) is 0.438. The highest BCUT2D eigenvalue weighted by Crippen LogP contribution is 2.24. The molecule has 108 valence electrons. The van der Waals surface area contributed by atoms with Gasteiger partial charge in [0, 0.05) is 24.3 Å². The zero-order valence-corrected chi connectivity index (χ0v) is 12.5. The lowest BCUT2D eigenvalue weighted by Crippen LogP contribution is -2.28. The molecule has 0 aliphatic carbocycles. The maximum atomic E-state index is 5.32. The van der Waals surface area contributed by atoms with Crippen LogP contribution in [0.4, 0.5) is 5.69 Å². The van der Waals surface area contributed by atoms with Gasteiger partial charge in [-0.15, -0.1) is 0 Å². The first kappa shape index (κ1) is 14.6. The second-order valence-electron chi connectivity index (χ2n) is 4.85. The fourth-order valence-corrected chi connectivity index (χ4v) is 2.26. The molecule has 1 N–H and O–H groups in total. The van der Waals surface area contributed by atoms with Gasteiger partial charge >= 0.3 is 0 Å². The number of aromatic nitrogens is 1. The van der Waals surface area contributed by atoms with Gasteiger partial charge in [0.15, 0.2) is 12.2 Å². The van der Waals surface area contributed by atoms with E-state index in [2.05, 4.69) is 54.2 Å². The van der Waals surface area contributed by atoms with Gasteiger partial charge in [0.25, 0.3) is 0 Å². The maximum Gasteiger partial charge on any atom is 0.181 e. The molecule has 0 unspecified atom stereocenters. The molecule has 0 saturated heterocycles. The number of oxazole rings is 1. The summed E-state index contributed by atoms with van der Waals surface area (Å²) < 4.78 is 5.32. The first-order valence-corrected chi connectivity index (χ1v) is 7.20. The quantitative estimate of drug-likeness (QED) is 0.839. The number of hydrogen-bond acceptors (Lipinski definition) is 4. The third-order valence-corrected chi connectivity index (χ3v) is 3.58. The molecule has 1 aromatic carbocycles. The van der Waals surface area contributed by atoms with Crippen molar-refractivity contribution in [2.24, 2.45) is 0 Å². The van der Waals surface area contributed by atoms with Gasteiger partial charge in [-0.2, -0.15) is 0 Å². The first-order valence-electron chi connectivity index (χ1n) is 7.20. The number of anilines is 1. The average Bonchev–Trinajstić information content (AvgIpc) is 2.99. The van der Waals surface area contributed by atoms with Gasteiger partial charge in [-0.3, -0.25) is 0 Å². The number of nitrogens with zero attached hydrogens (tertiary/aromatic N) is 2. The van der Waals surface area contributed by atoms with Gasteiger partial charge in [0.1, 0.15) is 0 Å². The molecule has 0 fully saturated rings. The van der Waals surface area contributed by atoms with E-state index < -0.39 is 0 Å². The Morgan fingerprint density at radius 2 is 2.05 bits per heavy atom. The lowest BCUT2D eigenvalue weighted by atomic mass is 10.1. The van der Waals surface area contributed by atoms with Crippen molar-refractivity contribution < 1.29 is 4.42 Å². The predicted octanol–water partition coefficient (Wildman–Crippen LogP) is 3.40. The highest BCUT2D eigenvalue weighted by molar-refractivity contribution is 5.64. The van der Waals surface area contributed by atoms with Crippen molar-refractivity contribution in [1.29, 1.82) is 0 Å². The van der Waals surface area contributed by atoms with Crippen LogP contribution in [0.15, 0.2) is 35.2 Å². The van der Waals surface area contributed by atoms with Crippen molar-refractivity contribution in [2.75, 3.05) is 31.5 Å². The Morgan fingerprint density at radius 3 is 2.65 bits per heavy atom. The summed E-state index contributed by atoms with van der Waals surface area (Å²) in [6.45, 7) is 10.7. The Bertz CT molecular complexity index is 519. The van der Waals surface area contributed by atoms with Crippen LogP contribution < -0.4 is 5.32 Å². The molecule has 4 nitrogen and oxygen atoms in total. The van der Waals surface area contributed by atoms with Crippen LogP contribution in [0.3, 0.4) is 0 Å². The zero-order chi connectivity index (χ0) is 14.4. The Balaban J connectivity index is 1.96. The van der Waals surface area contributed by atoms with Crippen molar-refractivity contribution in [3.8, 4) is 11.3 Å². The van der Waals surface area contributed by atoms with E-state index in [0.29, 0.717) is 0 Å². The Morgan fingerprint density at radius 1 is 1.25 bits per heavy atom. The van der Waals surface area contributed by atoms with Crippen molar-refractivity contribution in [1.82, 2.24) is 9.88 Å². The van der Waals surface area contributed by atoms with Gasteiger partial charge in [0.05, 0.1) is 6.20 Å². The van der Waals surface area contributed by atoms with Gasteiger partial charge in [-0.05, 0) is 43.8 Å². The number of nitrogens with one attached hydrogen (secondary N) is 1. The van der Waals surface area contributed by atoms with E-state index in [1.54, 1.807) is 6.20 Å². The van der Waals surface area contributed by atoms with Crippen LogP contribution in [0.2, 0.25) is 0 Å². The van der Waals surface area contributed by atoms with Gasteiger partial charge in [-0.25, -0.2) is 4.98 Å². The minimum absolute atomic E-state index is 0.808. The van der Waals surface area contributed by atoms with E-state index in [9.17, 15) is 0 Å². The summed E-state index contributed by atoms with van der Waals surface area (Å²) in [6, 6.07) is 6.29. The highest BCUT2D eigenvalue weighted by atomic mass is 16.3. The van der Waals surface area contributed by atoms with Crippen molar-refractivity contribution in [3.63, 3.8) is 0 Å². The van der Waals surface area contributed by atoms with Crippen LogP contribution in [-0.4, -0.2) is 36.1 Å². The van der Waals surface area contributed by atoms with Crippen LogP contribution >= 0.6 is 0 Å². The van der Waals surface area contributed by atoms with Gasteiger partial charge < -0.3 is 14.6 Å². The van der Waals surface area contributed by atoms with Crippen LogP contribution in [0.25, 0.3) is 11.3 Å². The molecule has 1 heterocycles. The Kier molecular flexibility index (Phi) is 5.18. The average molecular weight is 273 g/mol. The normalized spacial score (nSPS) is 11.0. The topological polar surface area (TPSA) is 41.3 Å². The number of hydrogen-bond donors (Lipinski definition) is 1. The number of aryl methyl sites for hydroxylation is 1. The summed E-state index contributed by atoms with van der Waals surface area (Å²) >= 11 is 0. The Hall–Kier alpha value is -1.81. The van der Waals surface area contributed by atoms with E-state index in [-0.39, 0.29) is 0 Å². The van der Waals surface area contributed by atoms with Crippen LogP contribution in [-0.2, 0) is 0 Å². The fourth-order valence-electron chi connectivity index (χ4n) is 2.26. The second-order valence-corrected chi connectivity index (χ2v) is 4.85. The predicted molar refractivity (Wildman–Crippen MR) is 83.0 cm³/mol. The molecule has 20 heavy (non-hydrogen) atoms. The van der Waals surface area contributed by atoms with Crippen molar-refractivity contribution in [3.05, 3.63) is 36.4 Å². The van der Waals surface area contributed by atoms with Gasteiger partial charge in [-0.1, -0.05) is 13.8 Å². The molecule has 0 spiro atoms. The maximum absolute atomic E-state index is 5.32. The number of likely N-dealkylation sites (N-methyl/N-ethyl adjacent to an activating group) is 1. The molecule has 0 aliphatic heterocycles. The Labute approximate surface area is 120 Å². The number of rotatable bonds is 7. The monoisotopic (exact) mass is 273 g/mol. The highest BCUT2D eigenvalue weighted by Gasteiger charge is 2.05. The summed E-state index contributed by atoms with van der Waals surface area (Å²) in [6.07, 6.45) is 3.20. The molecular formula is C16H23N3O. The largest absolute Gasteiger partial charge is 0.444 e. The second kappa shape index (κ2) is 7.10. The third-order valence-electron chi connectivity index (χ3n) is 3.58. The molecule has 2 rings (SSSR count). The van der Waals surface area contributed by atoms with E-state index >= 15 is 0 Å². The smallest absolute Gasteiger partial charge is 0.181 e. The molecule has 0 amide bonds. The standard InChI is InChI=1S/C16H23N3O/c1-4-19(5-2)9-8-18-15-7-6-14(10-13(15)3)16-11-17-12-20-16/h6-7,10-12,18H,4-5,8-9H2,1-3H3. The van der Waals surface area contributed by atoms with E-state index in [1.807, 2.05) is 0 Å². The molecule has 0 saturated carbocycles. The molecule has 0 bridgehead atoms. The molecule has 0 radical (unpaired) electrons. The SMILES string of the molecule is CCN(CC)CCNc1ccc(-c2cnco2)cc1C. The van der Waals surface area contributed by atoms with Crippen LogP contribution in [0, 0.1) is 6.92 Å². The molecule has 0 aliphatic rings. The number of benzene rings is 1. The van der Waals surface area contributed by atoms with Crippen molar-refractivity contribution >= 4 is 5.69 Å². The summed E-state index contributed by atoms with van der Waals surface area (Å²) in [7, 11) is 0. The lowest BCUT2D eigenvalue weighted by molar-refractivity contribution is 0.316. The molecule has 0 atom stereocenters. The lowest BCUT2D eigenvalue weighted by Gasteiger charge is -2.19.